The minimum absolute atomic E-state index is 0.164. The third-order valence-electron chi connectivity index (χ3n) is 2.71. The van der Waals surface area contributed by atoms with Gasteiger partial charge in [-0.05, 0) is 38.7 Å². The molecule has 0 aliphatic heterocycles. The normalized spacial score (nSPS) is 17.4. The first-order valence-electron chi connectivity index (χ1n) is 5.19. The Morgan fingerprint density at radius 3 is 2.62 bits per heavy atom. The number of amides is 1. The van der Waals surface area contributed by atoms with Crippen LogP contribution in [-0.2, 0) is 4.79 Å². The largest absolute Gasteiger partial charge is 0.339 e. The van der Waals surface area contributed by atoms with E-state index in [9.17, 15) is 4.79 Å². The second kappa shape index (κ2) is 5.05. The number of likely N-dealkylation sites (N-methyl/N-ethyl adjacent to an activating group) is 1. The van der Waals surface area contributed by atoms with Gasteiger partial charge in [0, 0.05) is 13.1 Å². The second-order valence-corrected chi connectivity index (χ2v) is 3.67. The van der Waals surface area contributed by atoms with E-state index >= 15 is 0 Å². The molecule has 1 rings (SSSR count). The number of hydrogen-bond donors (Lipinski definition) is 0. The van der Waals surface area contributed by atoms with Gasteiger partial charge in [-0.15, -0.1) is 0 Å². The fourth-order valence-electron chi connectivity index (χ4n) is 1.61. The summed E-state index contributed by atoms with van der Waals surface area (Å²) in [5, 5.41) is 0. The molecular formula is C11H19NO. The molecule has 2 heteroatoms. The summed E-state index contributed by atoms with van der Waals surface area (Å²) in [6.45, 7) is 5.72. The minimum Gasteiger partial charge on any atom is -0.339 e. The van der Waals surface area contributed by atoms with Crippen LogP contribution in [0.2, 0.25) is 0 Å². The highest BCUT2D eigenvalue weighted by atomic mass is 16.2. The Hall–Kier alpha value is -0.790. The van der Waals surface area contributed by atoms with Gasteiger partial charge in [0.05, 0.1) is 0 Å². The first-order chi connectivity index (χ1) is 6.27. The van der Waals surface area contributed by atoms with Crippen molar-refractivity contribution in [2.75, 3.05) is 13.1 Å². The van der Waals surface area contributed by atoms with Crippen LogP contribution in [0.25, 0.3) is 0 Å². The summed E-state index contributed by atoms with van der Waals surface area (Å²) in [6, 6.07) is 0. The predicted molar refractivity (Wildman–Crippen MR) is 54.4 cm³/mol. The lowest BCUT2D eigenvalue weighted by Crippen LogP contribution is -2.36. The van der Waals surface area contributed by atoms with E-state index in [1.54, 1.807) is 6.08 Å². The average molecular weight is 181 g/mol. The van der Waals surface area contributed by atoms with Crippen LogP contribution in [0, 0.1) is 5.92 Å². The highest BCUT2D eigenvalue weighted by Crippen LogP contribution is 2.27. The van der Waals surface area contributed by atoms with E-state index in [0.29, 0.717) is 0 Å². The van der Waals surface area contributed by atoms with Crippen LogP contribution in [-0.4, -0.2) is 23.9 Å². The number of hydrogen-bond acceptors (Lipinski definition) is 1. The summed E-state index contributed by atoms with van der Waals surface area (Å²) in [6.07, 6.45) is 7.42. The maximum atomic E-state index is 11.5. The third kappa shape index (κ3) is 2.87. The molecule has 0 aromatic heterocycles. The number of carbonyl (C=O) groups is 1. The average Bonchev–Trinajstić information content (AvgIpc) is 2.03. The van der Waals surface area contributed by atoms with Crippen LogP contribution in [0.1, 0.15) is 33.1 Å². The molecule has 0 aromatic carbocycles. The van der Waals surface area contributed by atoms with Crippen molar-refractivity contribution in [2.24, 2.45) is 5.92 Å². The van der Waals surface area contributed by atoms with E-state index < -0.39 is 0 Å². The molecule has 0 bridgehead atoms. The summed E-state index contributed by atoms with van der Waals surface area (Å²) in [7, 11) is 0. The van der Waals surface area contributed by atoms with Crippen LogP contribution in [0.3, 0.4) is 0 Å². The highest BCUT2D eigenvalue weighted by molar-refractivity contribution is 5.87. The molecule has 1 fully saturated rings. The summed E-state index contributed by atoms with van der Waals surface area (Å²) in [5.74, 6) is 0.936. The summed E-state index contributed by atoms with van der Waals surface area (Å²) < 4.78 is 0. The van der Waals surface area contributed by atoms with E-state index in [0.717, 1.165) is 19.0 Å². The molecule has 13 heavy (non-hydrogen) atoms. The summed E-state index contributed by atoms with van der Waals surface area (Å²) >= 11 is 0. The highest BCUT2D eigenvalue weighted by Gasteiger charge is 2.21. The molecule has 0 aromatic rings. The van der Waals surface area contributed by atoms with E-state index in [4.69, 9.17) is 0 Å². The van der Waals surface area contributed by atoms with Crippen molar-refractivity contribution in [2.45, 2.75) is 33.1 Å². The molecule has 1 saturated carbocycles. The quantitative estimate of drug-likeness (QED) is 0.609. The fraction of sp³-hybridized carbons (Fsp3) is 0.727. The topological polar surface area (TPSA) is 20.3 Å². The van der Waals surface area contributed by atoms with E-state index in [1.165, 1.54) is 19.3 Å². The number of rotatable bonds is 4. The van der Waals surface area contributed by atoms with Gasteiger partial charge in [0.1, 0.15) is 0 Å². The molecule has 74 valence electrons. The lowest BCUT2D eigenvalue weighted by atomic mass is 9.85. The molecule has 0 unspecified atom stereocenters. The minimum atomic E-state index is 0.164. The first-order valence-corrected chi connectivity index (χ1v) is 5.19. The lowest BCUT2D eigenvalue weighted by Gasteiger charge is -2.31. The zero-order chi connectivity index (χ0) is 9.68. The van der Waals surface area contributed by atoms with Crippen molar-refractivity contribution >= 4 is 5.91 Å². The Morgan fingerprint density at radius 2 is 2.23 bits per heavy atom. The molecule has 1 amide bonds. The van der Waals surface area contributed by atoms with Gasteiger partial charge in [0.2, 0.25) is 5.91 Å². The van der Waals surface area contributed by atoms with Gasteiger partial charge in [0.15, 0.2) is 0 Å². The van der Waals surface area contributed by atoms with Gasteiger partial charge in [0.25, 0.3) is 0 Å². The summed E-state index contributed by atoms with van der Waals surface area (Å²) in [5.41, 5.74) is 0. The van der Waals surface area contributed by atoms with Crippen LogP contribution in [0.5, 0.6) is 0 Å². The Balaban J connectivity index is 2.36. The number of carbonyl (C=O) groups excluding carboxylic acids is 1. The van der Waals surface area contributed by atoms with Gasteiger partial charge < -0.3 is 4.90 Å². The zero-order valence-corrected chi connectivity index (χ0v) is 8.62. The van der Waals surface area contributed by atoms with Crippen molar-refractivity contribution in [1.29, 1.82) is 0 Å². The fourth-order valence-corrected chi connectivity index (χ4v) is 1.61. The van der Waals surface area contributed by atoms with Gasteiger partial charge in [-0.3, -0.25) is 4.79 Å². The molecule has 0 N–H and O–H groups in total. The second-order valence-electron chi connectivity index (χ2n) is 3.67. The van der Waals surface area contributed by atoms with Crippen molar-refractivity contribution in [3.63, 3.8) is 0 Å². The lowest BCUT2D eigenvalue weighted by molar-refractivity contribution is -0.126. The Bertz CT molecular complexity index is 194. The summed E-state index contributed by atoms with van der Waals surface area (Å²) in [4.78, 5) is 13.4. The first kappa shape index (κ1) is 10.3. The van der Waals surface area contributed by atoms with Crippen molar-refractivity contribution in [1.82, 2.24) is 4.90 Å². The Labute approximate surface area is 80.6 Å². The zero-order valence-electron chi connectivity index (χ0n) is 8.62. The number of nitrogens with zero attached hydrogens (tertiary/aromatic N) is 1. The van der Waals surface area contributed by atoms with Gasteiger partial charge in [-0.2, -0.15) is 0 Å². The van der Waals surface area contributed by atoms with Crippen molar-refractivity contribution in [3.05, 3.63) is 12.2 Å². The van der Waals surface area contributed by atoms with Crippen molar-refractivity contribution in [3.8, 4) is 0 Å². The van der Waals surface area contributed by atoms with Crippen LogP contribution >= 0.6 is 0 Å². The molecule has 1 aliphatic carbocycles. The number of allylic oxidation sites excluding steroid dienone is 1. The molecule has 2 nitrogen and oxygen atoms in total. The Kier molecular flexibility index (Phi) is 4.00. The van der Waals surface area contributed by atoms with Gasteiger partial charge >= 0.3 is 0 Å². The maximum Gasteiger partial charge on any atom is 0.246 e. The van der Waals surface area contributed by atoms with Crippen LogP contribution < -0.4 is 0 Å². The Morgan fingerprint density at radius 1 is 1.54 bits per heavy atom. The van der Waals surface area contributed by atoms with Crippen LogP contribution in [0.4, 0.5) is 0 Å². The smallest absolute Gasteiger partial charge is 0.246 e. The molecule has 0 atom stereocenters. The molecular weight excluding hydrogens is 162 g/mol. The van der Waals surface area contributed by atoms with Gasteiger partial charge in [-0.25, -0.2) is 0 Å². The third-order valence-corrected chi connectivity index (χ3v) is 2.71. The van der Waals surface area contributed by atoms with E-state index in [-0.39, 0.29) is 5.91 Å². The molecule has 0 spiro atoms. The maximum absolute atomic E-state index is 11.5. The van der Waals surface area contributed by atoms with E-state index in [2.05, 4.69) is 0 Å². The standard InChI is InChI=1S/C11H19NO/c1-3-6-11(13)12(4-2)9-10-7-5-8-10/h3,6,10H,4-5,7-9H2,1-2H3/b6-3+. The van der Waals surface area contributed by atoms with E-state index in [1.807, 2.05) is 24.8 Å². The molecule has 0 radical (unpaired) electrons. The van der Waals surface area contributed by atoms with Crippen LogP contribution in [0.15, 0.2) is 12.2 Å². The van der Waals surface area contributed by atoms with Gasteiger partial charge in [-0.1, -0.05) is 12.5 Å². The molecule has 0 heterocycles. The molecule has 0 saturated heterocycles. The monoisotopic (exact) mass is 181 g/mol. The van der Waals surface area contributed by atoms with Crippen molar-refractivity contribution < 1.29 is 4.79 Å². The molecule has 1 aliphatic rings. The SMILES string of the molecule is C/C=C/C(=O)N(CC)CC1CCC1. The predicted octanol–water partition coefficient (Wildman–Crippen LogP) is 2.21.